The standard InChI is InChI=1S/C19H19N3O7/c20-18(21)11-1-4-14(5-2-11)28-9-13(23)8-22-12-3-6-16(29-10-17(24)25)15(7-12)19(26)27/h1-7,22H,8-10H2,(H3,20,21)(H,24,25)(H,26,27). The molecule has 0 fully saturated rings. The van der Waals surface area contributed by atoms with Crippen LogP contribution in [0.1, 0.15) is 15.9 Å². The van der Waals surface area contributed by atoms with Crippen molar-refractivity contribution in [1.29, 1.82) is 5.41 Å². The minimum absolute atomic E-state index is 0.0723. The van der Waals surface area contributed by atoms with Crippen molar-refractivity contribution < 1.29 is 34.1 Å². The number of hydrogen-bond donors (Lipinski definition) is 5. The van der Waals surface area contributed by atoms with Gasteiger partial charge in [0, 0.05) is 11.3 Å². The molecule has 2 aromatic rings. The van der Waals surface area contributed by atoms with Crippen LogP contribution in [0, 0.1) is 5.41 Å². The zero-order valence-corrected chi connectivity index (χ0v) is 15.2. The maximum absolute atomic E-state index is 12.0. The first-order valence-electron chi connectivity index (χ1n) is 8.31. The fraction of sp³-hybridized carbons (Fsp3) is 0.158. The van der Waals surface area contributed by atoms with Crippen LogP contribution in [0.25, 0.3) is 0 Å². The summed E-state index contributed by atoms with van der Waals surface area (Å²) in [5.74, 6) is -2.53. The number of carbonyl (C=O) groups is 3. The highest BCUT2D eigenvalue weighted by molar-refractivity contribution is 5.95. The molecular weight excluding hydrogens is 382 g/mol. The van der Waals surface area contributed by atoms with Crippen LogP contribution in [0.15, 0.2) is 42.5 Å². The molecule has 10 heteroatoms. The molecule has 2 rings (SSSR count). The van der Waals surface area contributed by atoms with E-state index in [1.807, 2.05) is 0 Å². The second-order valence-electron chi connectivity index (χ2n) is 5.82. The van der Waals surface area contributed by atoms with Crippen molar-refractivity contribution in [2.45, 2.75) is 0 Å². The molecule has 152 valence electrons. The van der Waals surface area contributed by atoms with E-state index in [0.29, 0.717) is 17.0 Å². The van der Waals surface area contributed by atoms with Crippen LogP contribution >= 0.6 is 0 Å². The van der Waals surface area contributed by atoms with Crippen molar-refractivity contribution >= 4 is 29.2 Å². The molecule has 0 saturated carbocycles. The summed E-state index contributed by atoms with van der Waals surface area (Å²) in [6.45, 7) is -0.992. The molecule has 0 amide bonds. The van der Waals surface area contributed by atoms with Gasteiger partial charge in [-0.25, -0.2) is 9.59 Å². The van der Waals surface area contributed by atoms with Gasteiger partial charge in [-0.1, -0.05) is 0 Å². The van der Waals surface area contributed by atoms with Crippen molar-refractivity contribution in [3.05, 3.63) is 53.6 Å². The number of Topliss-reactive ketones (excluding diaryl/α,β-unsaturated/α-hetero) is 1. The first kappa shape index (κ1) is 21.2. The summed E-state index contributed by atoms with van der Waals surface area (Å²) in [4.78, 5) is 33.9. The Labute approximate surface area is 165 Å². The van der Waals surface area contributed by atoms with Gasteiger partial charge in [-0.2, -0.15) is 0 Å². The highest BCUT2D eigenvalue weighted by atomic mass is 16.5. The zero-order valence-electron chi connectivity index (χ0n) is 15.2. The van der Waals surface area contributed by atoms with Crippen LogP contribution in [0.2, 0.25) is 0 Å². The molecule has 0 aliphatic heterocycles. The minimum Gasteiger partial charge on any atom is -0.486 e. The molecule has 0 spiro atoms. The molecule has 0 bridgehead atoms. The van der Waals surface area contributed by atoms with Gasteiger partial charge in [0.05, 0.1) is 6.54 Å². The SMILES string of the molecule is N=C(N)c1ccc(OCC(=O)CNc2ccc(OCC(=O)O)c(C(=O)O)c2)cc1. The third-order valence-corrected chi connectivity index (χ3v) is 3.62. The number of rotatable bonds is 11. The number of amidine groups is 1. The van der Waals surface area contributed by atoms with Gasteiger partial charge in [-0.3, -0.25) is 10.2 Å². The van der Waals surface area contributed by atoms with Crippen molar-refractivity contribution in [1.82, 2.24) is 0 Å². The van der Waals surface area contributed by atoms with E-state index in [-0.39, 0.29) is 36.1 Å². The monoisotopic (exact) mass is 401 g/mol. The van der Waals surface area contributed by atoms with Crippen LogP contribution < -0.4 is 20.5 Å². The summed E-state index contributed by atoms with van der Waals surface area (Å²) in [7, 11) is 0. The lowest BCUT2D eigenvalue weighted by atomic mass is 10.1. The highest BCUT2D eigenvalue weighted by Gasteiger charge is 2.14. The molecule has 0 aliphatic carbocycles. The first-order valence-corrected chi connectivity index (χ1v) is 8.31. The van der Waals surface area contributed by atoms with Gasteiger partial charge >= 0.3 is 11.9 Å². The molecule has 0 heterocycles. The maximum Gasteiger partial charge on any atom is 0.341 e. The number of aliphatic carboxylic acids is 1. The largest absolute Gasteiger partial charge is 0.486 e. The lowest BCUT2D eigenvalue weighted by molar-refractivity contribution is -0.139. The van der Waals surface area contributed by atoms with Crippen LogP contribution in [-0.4, -0.2) is 53.5 Å². The van der Waals surface area contributed by atoms with Gasteiger partial charge in [0.15, 0.2) is 12.4 Å². The Bertz CT molecular complexity index is 926. The Hall–Kier alpha value is -4.08. The van der Waals surface area contributed by atoms with Gasteiger partial charge in [0.1, 0.15) is 29.5 Å². The molecule has 0 atom stereocenters. The third-order valence-electron chi connectivity index (χ3n) is 3.62. The normalized spacial score (nSPS) is 10.1. The summed E-state index contributed by atoms with van der Waals surface area (Å²) in [5.41, 5.74) is 6.02. The van der Waals surface area contributed by atoms with Gasteiger partial charge in [-0.15, -0.1) is 0 Å². The Balaban J connectivity index is 1.90. The van der Waals surface area contributed by atoms with Crippen molar-refractivity contribution in [3.63, 3.8) is 0 Å². The number of carboxylic acids is 2. The smallest absolute Gasteiger partial charge is 0.341 e. The number of carbonyl (C=O) groups excluding carboxylic acids is 1. The third kappa shape index (κ3) is 6.54. The Morgan fingerprint density at radius 1 is 1.00 bits per heavy atom. The van der Waals surface area contributed by atoms with E-state index in [4.69, 9.17) is 25.7 Å². The molecule has 6 N–H and O–H groups in total. The van der Waals surface area contributed by atoms with E-state index in [0.717, 1.165) is 0 Å². The number of ketones is 1. The number of hydrogen-bond acceptors (Lipinski definition) is 7. The zero-order chi connectivity index (χ0) is 21.4. The lowest BCUT2D eigenvalue weighted by Gasteiger charge is -2.11. The van der Waals surface area contributed by atoms with Crippen molar-refractivity contribution in [3.8, 4) is 11.5 Å². The predicted octanol–water partition coefficient (Wildman–Crippen LogP) is 1.19. The fourth-order valence-corrected chi connectivity index (χ4v) is 2.22. The molecule has 29 heavy (non-hydrogen) atoms. The Morgan fingerprint density at radius 2 is 1.69 bits per heavy atom. The maximum atomic E-state index is 12.0. The number of ether oxygens (including phenoxy) is 2. The molecule has 0 unspecified atom stereocenters. The second kappa shape index (κ2) is 9.74. The van der Waals surface area contributed by atoms with E-state index < -0.39 is 18.5 Å². The average molecular weight is 401 g/mol. The van der Waals surface area contributed by atoms with Crippen LogP contribution in [-0.2, 0) is 9.59 Å². The van der Waals surface area contributed by atoms with Crippen molar-refractivity contribution in [2.24, 2.45) is 5.73 Å². The number of carboxylic acid groups (broad SMARTS) is 2. The number of nitrogens with two attached hydrogens (primary N) is 1. The summed E-state index contributed by atoms with van der Waals surface area (Å²) in [6.07, 6.45) is 0. The van der Waals surface area contributed by atoms with Gasteiger partial charge < -0.3 is 30.7 Å². The highest BCUT2D eigenvalue weighted by Crippen LogP contribution is 2.23. The fourth-order valence-electron chi connectivity index (χ4n) is 2.22. The molecule has 2 aromatic carbocycles. The molecule has 10 nitrogen and oxygen atoms in total. The van der Waals surface area contributed by atoms with Gasteiger partial charge in [0.25, 0.3) is 0 Å². The van der Waals surface area contributed by atoms with Crippen LogP contribution in [0.5, 0.6) is 11.5 Å². The van der Waals surface area contributed by atoms with Crippen LogP contribution in [0.4, 0.5) is 5.69 Å². The second-order valence-corrected chi connectivity index (χ2v) is 5.82. The number of anilines is 1. The topological polar surface area (TPSA) is 172 Å². The summed E-state index contributed by atoms with van der Waals surface area (Å²) >= 11 is 0. The minimum atomic E-state index is -1.29. The van der Waals surface area contributed by atoms with E-state index in [2.05, 4.69) is 5.32 Å². The predicted molar refractivity (Wildman–Crippen MR) is 103 cm³/mol. The van der Waals surface area contributed by atoms with E-state index in [1.54, 1.807) is 24.3 Å². The van der Waals surface area contributed by atoms with Gasteiger partial charge in [-0.05, 0) is 42.5 Å². The lowest BCUT2D eigenvalue weighted by Crippen LogP contribution is -2.21. The number of aromatic carboxylic acids is 1. The molecule has 0 aromatic heterocycles. The first-order chi connectivity index (χ1) is 13.8. The van der Waals surface area contributed by atoms with E-state index in [9.17, 15) is 19.5 Å². The summed E-state index contributed by atoms with van der Waals surface area (Å²) < 4.78 is 10.3. The number of nitrogens with one attached hydrogen (secondary N) is 2. The Morgan fingerprint density at radius 3 is 2.28 bits per heavy atom. The molecule has 0 aliphatic rings. The summed E-state index contributed by atoms with van der Waals surface area (Å²) in [6, 6.07) is 10.4. The molecule has 0 radical (unpaired) electrons. The quantitative estimate of drug-likeness (QED) is 0.274. The molecular formula is C19H19N3O7. The Kier molecular flexibility index (Phi) is 7.13. The van der Waals surface area contributed by atoms with Gasteiger partial charge in [0.2, 0.25) is 0 Å². The van der Waals surface area contributed by atoms with E-state index in [1.165, 1.54) is 18.2 Å². The average Bonchev–Trinajstić information content (AvgIpc) is 2.69. The van der Waals surface area contributed by atoms with Crippen molar-refractivity contribution in [2.75, 3.05) is 25.1 Å². The van der Waals surface area contributed by atoms with E-state index >= 15 is 0 Å². The van der Waals surface area contributed by atoms with Crippen LogP contribution in [0.3, 0.4) is 0 Å². The number of nitrogen functional groups attached to an aromatic ring is 1. The number of benzene rings is 2. The molecule has 0 saturated heterocycles. The summed E-state index contributed by atoms with van der Waals surface area (Å²) in [5, 5.41) is 28.0.